The third-order valence-corrected chi connectivity index (χ3v) is 4.67. The van der Waals surface area contributed by atoms with Crippen molar-refractivity contribution in [2.75, 3.05) is 11.9 Å². The van der Waals surface area contributed by atoms with Crippen LogP contribution < -0.4 is 5.32 Å². The smallest absolute Gasteiger partial charge is 0.326 e. The number of amides is 2. The van der Waals surface area contributed by atoms with Crippen LogP contribution in [0.2, 0.25) is 0 Å². The van der Waals surface area contributed by atoms with Gasteiger partial charge in [0.25, 0.3) is 0 Å². The second kappa shape index (κ2) is 5.39. The molecule has 2 aliphatic rings. The molecular formula is C16H20N2O3. The molecule has 5 heteroatoms. The van der Waals surface area contributed by atoms with E-state index < -0.39 is 12.0 Å². The Morgan fingerprint density at radius 2 is 2.14 bits per heavy atom. The summed E-state index contributed by atoms with van der Waals surface area (Å²) in [7, 11) is 0. The van der Waals surface area contributed by atoms with Crippen molar-refractivity contribution in [2.45, 2.75) is 32.2 Å². The Hall–Kier alpha value is -2.04. The van der Waals surface area contributed by atoms with Gasteiger partial charge >= 0.3 is 12.0 Å². The number of likely N-dealkylation sites (tertiary alicyclic amines) is 1. The zero-order valence-electron chi connectivity index (χ0n) is 12.1. The topological polar surface area (TPSA) is 69.6 Å². The van der Waals surface area contributed by atoms with E-state index >= 15 is 0 Å². The number of nitrogens with one attached hydrogen (secondary N) is 1. The Balaban J connectivity index is 1.76. The SMILES string of the molecule is Cc1cccc(NC(=O)N2CC3CCCC3C2C(=O)O)c1. The molecule has 3 atom stereocenters. The highest BCUT2D eigenvalue weighted by Crippen LogP contribution is 2.42. The Labute approximate surface area is 123 Å². The molecule has 1 aromatic rings. The molecule has 5 nitrogen and oxygen atoms in total. The van der Waals surface area contributed by atoms with Crippen molar-refractivity contribution in [2.24, 2.45) is 11.8 Å². The van der Waals surface area contributed by atoms with Crippen LogP contribution in [0.4, 0.5) is 10.5 Å². The second-order valence-electron chi connectivity index (χ2n) is 6.09. The Bertz CT molecular complexity index is 572. The highest BCUT2D eigenvalue weighted by molar-refractivity contribution is 5.93. The van der Waals surface area contributed by atoms with Crippen LogP contribution >= 0.6 is 0 Å². The van der Waals surface area contributed by atoms with E-state index in [9.17, 15) is 14.7 Å². The number of anilines is 1. The lowest BCUT2D eigenvalue weighted by Gasteiger charge is -2.24. The van der Waals surface area contributed by atoms with E-state index in [1.807, 2.05) is 31.2 Å². The van der Waals surface area contributed by atoms with Crippen molar-refractivity contribution >= 4 is 17.7 Å². The van der Waals surface area contributed by atoms with E-state index in [-0.39, 0.29) is 11.9 Å². The van der Waals surface area contributed by atoms with Crippen LogP contribution in [0.15, 0.2) is 24.3 Å². The summed E-state index contributed by atoms with van der Waals surface area (Å²) in [6, 6.07) is 6.54. The molecular weight excluding hydrogens is 268 g/mol. The number of urea groups is 1. The lowest BCUT2D eigenvalue weighted by atomic mass is 9.94. The van der Waals surface area contributed by atoms with E-state index in [0.29, 0.717) is 18.2 Å². The van der Waals surface area contributed by atoms with E-state index in [4.69, 9.17) is 0 Å². The normalized spacial score (nSPS) is 27.5. The van der Waals surface area contributed by atoms with Gasteiger partial charge < -0.3 is 15.3 Å². The van der Waals surface area contributed by atoms with Gasteiger partial charge in [-0.2, -0.15) is 0 Å². The van der Waals surface area contributed by atoms with Crippen LogP contribution in [0.25, 0.3) is 0 Å². The van der Waals surface area contributed by atoms with Crippen molar-refractivity contribution in [3.05, 3.63) is 29.8 Å². The second-order valence-corrected chi connectivity index (χ2v) is 6.09. The molecule has 1 aliphatic carbocycles. The van der Waals surface area contributed by atoms with Crippen molar-refractivity contribution in [3.63, 3.8) is 0 Å². The summed E-state index contributed by atoms with van der Waals surface area (Å²) in [5, 5.41) is 12.3. The molecule has 0 bridgehead atoms. The lowest BCUT2D eigenvalue weighted by Crippen LogP contribution is -2.45. The first kappa shape index (κ1) is 13.9. The molecule has 21 heavy (non-hydrogen) atoms. The van der Waals surface area contributed by atoms with Crippen LogP contribution in [-0.2, 0) is 4.79 Å². The average Bonchev–Trinajstić information content (AvgIpc) is 2.97. The molecule has 2 amide bonds. The maximum absolute atomic E-state index is 12.4. The Morgan fingerprint density at radius 3 is 2.86 bits per heavy atom. The molecule has 3 rings (SSSR count). The van der Waals surface area contributed by atoms with Gasteiger partial charge in [0.15, 0.2) is 0 Å². The number of rotatable bonds is 2. The zero-order chi connectivity index (χ0) is 15.0. The number of carbonyl (C=O) groups excluding carboxylic acids is 1. The molecule has 1 heterocycles. The molecule has 2 N–H and O–H groups in total. The van der Waals surface area contributed by atoms with Crippen molar-refractivity contribution in [1.82, 2.24) is 4.90 Å². The van der Waals surface area contributed by atoms with Crippen LogP contribution in [0.1, 0.15) is 24.8 Å². The molecule has 112 valence electrons. The fraction of sp³-hybridized carbons (Fsp3) is 0.500. The molecule has 1 aromatic carbocycles. The number of nitrogens with zero attached hydrogens (tertiary/aromatic N) is 1. The van der Waals surface area contributed by atoms with E-state index in [2.05, 4.69) is 5.32 Å². The summed E-state index contributed by atoms with van der Waals surface area (Å²) >= 11 is 0. The third kappa shape index (κ3) is 2.60. The molecule has 3 unspecified atom stereocenters. The first-order valence-corrected chi connectivity index (χ1v) is 7.43. The van der Waals surface area contributed by atoms with E-state index in [1.54, 1.807) is 0 Å². The number of aryl methyl sites for hydroxylation is 1. The van der Waals surface area contributed by atoms with Gasteiger partial charge in [0.2, 0.25) is 0 Å². The minimum absolute atomic E-state index is 0.116. The number of fused-ring (bicyclic) bond motifs is 1. The molecule has 0 radical (unpaired) electrons. The molecule has 1 saturated heterocycles. The van der Waals surface area contributed by atoms with Gasteiger partial charge in [-0.05, 0) is 49.3 Å². The highest BCUT2D eigenvalue weighted by Gasteiger charge is 2.49. The minimum atomic E-state index is -0.885. The van der Waals surface area contributed by atoms with E-state index in [0.717, 1.165) is 24.8 Å². The summed E-state index contributed by atoms with van der Waals surface area (Å²) in [6.45, 7) is 2.51. The monoisotopic (exact) mass is 288 g/mol. The van der Waals surface area contributed by atoms with Gasteiger partial charge in [-0.3, -0.25) is 0 Å². The molecule has 0 aromatic heterocycles. The summed E-state index contributed by atoms with van der Waals surface area (Å²) in [6.07, 6.45) is 3.02. The van der Waals surface area contributed by atoms with Crippen LogP contribution in [0.3, 0.4) is 0 Å². The summed E-state index contributed by atoms with van der Waals surface area (Å²) in [5.41, 5.74) is 1.77. The predicted octanol–water partition coefficient (Wildman–Crippen LogP) is 2.71. The maximum Gasteiger partial charge on any atom is 0.326 e. The molecule has 0 spiro atoms. The fourth-order valence-corrected chi connectivity index (χ4v) is 3.75. The largest absolute Gasteiger partial charge is 0.480 e. The van der Waals surface area contributed by atoms with Gasteiger partial charge in [-0.1, -0.05) is 18.6 Å². The zero-order valence-corrected chi connectivity index (χ0v) is 12.1. The van der Waals surface area contributed by atoms with Crippen molar-refractivity contribution < 1.29 is 14.7 Å². The average molecular weight is 288 g/mol. The van der Waals surface area contributed by atoms with Gasteiger partial charge in [0.1, 0.15) is 6.04 Å². The summed E-state index contributed by atoms with van der Waals surface area (Å²) in [5.74, 6) is -0.427. The molecule has 1 aliphatic heterocycles. The highest BCUT2D eigenvalue weighted by atomic mass is 16.4. The van der Waals surface area contributed by atoms with Gasteiger partial charge in [-0.15, -0.1) is 0 Å². The van der Waals surface area contributed by atoms with Crippen LogP contribution in [0, 0.1) is 18.8 Å². The number of hydrogen-bond donors (Lipinski definition) is 2. The van der Waals surface area contributed by atoms with E-state index in [1.165, 1.54) is 4.90 Å². The van der Waals surface area contributed by atoms with Gasteiger partial charge in [0, 0.05) is 12.2 Å². The van der Waals surface area contributed by atoms with Crippen molar-refractivity contribution in [3.8, 4) is 0 Å². The molecule has 1 saturated carbocycles. The van der Waals surface area contributed by atoms with Gasteiger partial charge in [0.05, 0.1) is 0 Å². The summed E-state index contributed by atoms with van der Waals surface area (Å²) < 4.78 is 0. The fourth-order valence-electron chi connectivity index (χ4n) is 3.75. The summed E-state index contributed by atoms with van der Waals surface area (Å²) in [4.78, 5) is 25.5. The third-order valence-electron chi connectivity index (χ3n) is 4.67. The first-order valence-electron chi connectivity index (χ1n) is 7.43. The van der Waals surface area contributed by atoms with Crippen LogP contribution in [0.5, 0.6) is 0 Å². The maximum atomic E-state index is 12.4. The number of aliphatic carboxylic acids is 1. The minimum Gasteiger partial charge on any atom is -0.480 e. The lowest BCUT2D eigenvalue weighted by molar-refractivity contribution is -0.142. The number of benzene rings is 1. The van der Waals surface area contributed by atoms with Gasteiger partial charge in [-0.25, -0.2) is 9.59 Å². The quantitative estimate of drug-likeness (QED) is 0.879. The Kier molecular flexibility index (Phi) is 3.57. The number of carboxylic acid groups (broad SMARTS) is 1. The predicted molar refractivity (Wildman–Crippen MR) is 79.2 cm³/mol. The first-order chi connectivity index (χ1) is 10.1. The van der Waals surface area contributed by atoms with Crippen molar-refractivity contribution in [1.29, 1.82) is 0 Å². The Morgan fingerprint density at radius 1 is 1.33 bits per heavy atom. The molecule has 2 fully saturated rings. The number of carboxylic acids is 1. The van der Waals surface area contributed by atoms with Crippen LogP contribution in [-0.4, -0.2) is 34.6 Å². The standard InChI is InChI=1S/C16H20N2O3/c1-10-4-2-6-12(8-10)17-16(21)18-9-11-5-3-7-13(11)14(18)15(19)20/h2,4,6,8,11,13-14H,3,5,7,9H2,1H3,(H,17,21)(H,19,20). The number of hydrogen-bond acceptors (Lipinski definition) is 2. The number of carbonyl (C=O) groups is 2.